The van der Waals surface area contributed by atoms with Crippen LogP contribution in [0.2, 0.25) is 0 Å². The van der Waals surface area contributed by atoms with E-state index in [1.165, 1.54) is 12.1 Å². The standard InChI is InChI=1S/C25H20F2N2O5/c1-13-3-5-15(11-17(13)22(30)31)21-14(2)4-8-20(28-21)29-23(32)24(9-10-24)16-6-7-18-19(12-16)34-25(26,27)33-18/h3-8,11-12H,9-10H2,1-2H3,(H,30,31)(H,28,29,32). The Morgan fingerprint density at radius 1 is 0.971 bits per heavy atom. The molecule has 0 radical (unpaired) electrons. The second kappa shape index (κ2) is 7.51. The van der Waals surface area contributed by atoms with Gasteiger partial charge in [0, 0.05) is 5.56 Å². The zero-order valence-electron chi connectivity index (χ0n) is 18.3. The van der Waals surface area contributed by atoms with Crippen LogP contribution >= 0.6 is 0 Å². The average molecular weight is 466 g/mol. The Morgan fingerprint density at radius 3 is 2.38 bits per heavy atom. The van der Waals surface area contributed by atoms with Gasteiger partial charge in [-0.3, -0.25) is 4.79 Å². The van der Waals surface area contributed by atoms with Gasteiger partial charge >= 0.3 is 12.3 Å². The molecule has 34 heavy (non-hydrogen) atoms. The summed E-state index contributed by atoms with van der Waals surface area (Å²) >= 11 is 0. The van der Waals surface area contributed by atoms with Gasteiger partial charge in [0.1, 0.15) is 5.82 Å². The molecule has 7 nitrogen and oxygen atoms in total. The normalized spacial score (nSPS) is 16.7. The van der Waals surface area contributed by atoms with E-state index in [-0.39, 0.29) is 23.0 Å². The van der Waals surface area contributed by atoms with Crippen molar-refractivity contribution in [3.05, 3.63) is 70.8 Å². The number of carbonyl (C=O) groups excluding carboxylic acids is 1. The molecule has 0 bridgehead atoms. The van der Waals surface area contributed by atoms with Gasteiger partial charge < -0.3 is 19.9 Å². The summed E-state index contributed by atoms with van der Waals surface area (Å²) in [5.41, 5.74) is 2.49. The Hall–Kier alpha value is -4.01. The summed E-state index contributed by atoms with van der Waals surface area (Å²) in [5.74, 6) is -1.21. The largest absolute Gasteiger partial charge is 0.586 e. The number of amides is 1. The molecular weight excluding hydrogens is 446 g/mol. The number of carboxylic acids is 1. The summed E-state index contributed by atoms with van der Waals surface area (Å²) in [6.07, 6.45) is -2.63. The number of halogens is 2. The van der Waals surface area contributed by atoms with Crippen molar-refractivity contribution < 1.29 is 33.0 Å². The van der Waals surface area contributed by atoms with Crippen LogP contribution in [0.4, 0.5) is 14.6 Å². The maximum absolute atomic E-state index is 13.4. The first-order valence-electron chi connectivity index (χ1n) is 10.6. The number of anilines is 1. The molecule has 0 atom stereocenters. The Kier molecular flexibility index (Phi) is 4.82. The Morgan fingerprint density at radius 2 is 1.68 bits per heavy atom. The number of hydrogen-bond donors (Lipinski definition) is 2. The SMILES string of the molecule is Cc1ccc(-c2nc(NC(=O)C3(c4ccc5c(c4)OC(F)(F)O5)CC3)ccc2C)cc1C(=O)O. The van der Waals surface area contributed by atoms with Crippen LogP contribution in [0.25, 0.3) is 11.3 Å². The number of carbonyl (C=O) groups is 2. The second-order valence-corrected chi connectivity index (χ2v) is 8.56. The second-order valence-electron chi connectivity index (χ2n) is 8.56. The lowest BCUT2D eigenvalue weighted by Crippen LogP contribution is -2.28. The van der Waals surface area contributed by atoms with Crippen molar-refractivity contribution in [3.8, 4) is 22.8 Å². The minimum atomic E-state index is -3.72. The van der Waals surface area contributed by atoms with Gasteiger partial charge in [0.05, 0.1) is 16.7 Å². The molecule has 1 fully saturated rings. The lowest BCUT2D eigenvalue weighted by molar-refractivity contribution is -0.286. The van der Waals surface area contributed by atoms with Crippen molar-refractivity contribution in [2.75, 3.05) is 5.32 Å². The molecule has 2 aromatic carbocycles. The highest BCUT2D eigenvalue weighted by atomic mass is 19.3. The van der Waals surface area contributed by atoms with Crippen LogP contribution in [0.15, 0.2) is 48.5 Å². The van der Waals surface area contributed by atoms with E-state index in [4.69, 9.17) is 0 Å². The number of pyridine rings is 1. The quantitative estimate of drug-likeness (QED) is 0.546. The fourth-order valence-corrected chi connectivity index (χ4v) is 4.14. The third kappa shape index (κ3) is 3.72. The average Bonchev–Trinajstić information content (AvgIpc) is 3.52. The number of nitrogens with zero attached hydrogens (tertiary/aromatic N) is 1. The molecule has 9 heteroatoms. The lowest BCUT2D eigenvalue weighted by atomic mass is 9.94. The molecule has 2 aliphatic rings. The molecule has 1 aromatic heterocycles. The van der Waals surface area contributed by atoms with Crippen molar-refractivity contribution in [2.24, 2.45) is 0 Å². The van der Waals surface area contributed by atoms with Crippen molar-refractivity contribution >= 4 is 17.7 Å². The zero-order chi connectivity index (χ0) is 24.3. The molecule has 0 unspecified atom stereocenters. The molecule has 2 heterocycles. The van der Waals surface area contributed by atoms with Gasteiger partial charge in [-0.05, 0) is 67.6 Å². The van der Waals surface area contributed by atoms with E-state index < -0.39 is 17.7 Å². The van der Waals surface area contributed by atoms with Gasteiger partial charge in [0.25, 0.3) is 0 Å². The number of benzene rings is 2. The smallest absolute Gasteiger partial charge is 0.478 e. The first-order chi connectivity index (χ1) is 16.1. The molecule has 174 valence electrons. The van der Waals surface area contributed by atoms with E-state index >= 15 is 0 Å². The van der Waals surface area contributed by atoms with E-state index in [0.29, 0.717) is 41.0 Å². The molecule has 5 rings (SSSR count). The van der Waals surface area contributed by atoms with Gasteiger partial charge in [0.2, 0.25) is 5.91 Å². The summed E-state index contributed by atoms with van der Waals surface area (Å²) in [4.78, 5) is 29.3. The maximum atomic E-state index is 13.4. The van der Waals surface area contributed by atoms with Gasteiger partial charge in [0.15, 0.2) is 11.5 Å². The number of hydrogen-bond acceptors (Lipinski definition) is 5. The minimum Gasteiger partial charge on any atom is -0.478 e. The summed E-state index contributed by atoms with van der Waals surface area (Å²) < 4.78 is 35.7. The van der Waals surface area contributed by atoms with Gasteiger partial charge in [-0.1, -0.05) is 24.3 Å². The van der Waals surface area contributed by atoms with E-state index in [2.05, 4.69) is 19.8 Å². The first kappa shape index (κ1) is 21.8. The molecule has 1 saturated carbocycles. The van der Waals surface area contributed by atoms with Crippen LogP contribution in [0.3, 0.4) is 0 Å². The van der Waals surface area contributed by atoms with Crippen LogP contribution < -0.4 is 14.8 Å². The summed E-state index contributed by atoms with van der Waals surface area (Å²) in [5, 5.41) is 12.3. The van der Waals surface area contributed by atoms with Crippen molar-refractivity contribution in [1.82, 2.24) is 4.98 Å². The molecule has 1 amide bonds. The number of fused-ring (bicyclic) bond motifs is 1. The summed E-state index contributed by atoms with van der Waals surface area (Å²) in [6.45, 7) is 3.56. The monoisotopic (exact) mass is 466 g/mol. The number of rotatable bonds is 5. The van der Waals surface area contributed by atoms with Crippen molar-refractivity contribution in [3.63, 3.8) is 0 Å². The van der Waals surface area contributed by atoms with Crippen LogP contribution in [-0.2, 0) is 10.2 Å². The predicted molar refractivity (Wildman–Crippen MR) is 118 cm³/mol. The Balaban J connectivity index is 1.41. The number of ether oxygens (including phenoxy) is 2. The highest BCUT2D eigenvalue weighted by Gasteiger charge is 2.53. The molecule has 0 saturated heterocycles. The van der Waals surface area contributed by atoms with Gasteiger partial charge in [-0.25, -0.2) is 9.78 Å². The van der Waals surface area contributed by atoms with Crippen LogP contribution in [0.1, 0.15) is 39.9 Å². The van der Waals surface area contributed by atoms with E-state index in [1.54, 1.807) is 43.3 Å². The molecule has 2 N–H and O–H groups in total. The Bertz CT molecular complexity index is 1350. The minimum absolute atomic E-state index is 0.0753. The number of aromatic nitrogens is 1. The van der Waals surface area contributed by atoms with Crippen LogP contribution in [0.5, 0.6) is 11.5 Å². The highest BCUT2D eigenvalue weighted by molar-refractivity contribution is 6.01. The highest BCUT2D eigenvalue weighted by Crippen LogP contribution is 2.52. The summed E-state index contributed by atoms with van der Waals surface area (Å²) in [7, 11) is 0. The zero-order valence-corrected chi connectivity index (χ0v) is 18.3. The fourth-order valence-electron chi connectivity index (χ4n) is 4.14. The van der Waals surface area contributed by atoms with Gasteiger partial charge in [-0.2, -0.15) is 0 Å². The number of alkyl halides is 2. The van der Waals surface area contributed by atoms with Crippen molar-refractivity contribution in [2.45, 2.75) is 38.4 Å². The molecular formula is C25H20F2N2O5. The van der Waals surface area contributed by atoms with E-state index in [1.807, 2.05) is 6.92 Å². The predicted octanol–water partition coefficient (Wildman–Crippen LogP) is 5.06. The number of nitrogens with one attached hydrogen (secondary N) is 1. The van der Waals surface area contributed by atoms with Crippen LogP contribution in [0, 0.1) is 13.8 Å². The third-order valence-electron chi connectivity index (χ3n) is 6.22. The lowest BCUT2D eigenvalue weighted by Gasteiger charge is -2.17. The number of aromatic carboxylic acids is 1. The maximum Gasteiger partial charge on any atom is 0.586 e. The third-order valence-corrected chi connectivity index (χ3v) is 6.22. The fraction of sp³-hybridized carbons (Fsp3) is 0.240. The topological polar surface area (TPSA) is 97.8 Å². The number of carboxylic acid groups (broad SMARTS) is 1. The van der Waals surface area contributed by atoms with E-state index in [0.717, 1.165) is 5.56 Å². The van der Waals surface area contributed by atoms with Gasteiger partial charge in [-0.15, -0.1) is 8.78 Å². The van der Waals surface area contributed by atoms with Crippen LogP contribution in [-0.4, -0.2) is 28.3 Å². The molecule has 3 aromatic rings. The van der Waals surface area contributed by atoms with E-state index in [9.17, 15) is 23.5 Å². The number of aryl methyl sites for hydroxylation is 2. The first-order valence-corrected chi connectivity index (χ1v) is 10.6. The summed E-state index contributed by atoms with van der Waals surface area (Å²) in [6, 6.07) is 12.9. The Labute approximate surface area is 193 Å². The molecule has 0 spiro atoms. The van der Waals surface area contributed by atoms with Crippen molar-refractivity contribution in [1.29, 1.82) is 0 Å². The molecule has 1 aliphatic heterocycles. The molecule has 1 aliphatic carbocycles.